The molecule has 0 bridgehead atoms. The maximum Gasteiger partial charge on any atom is 0.242 e. The number of sulfonamides is 1. The van der Waals surface area contributed by atoms with Gasteiger partial charge in [0.25, 0.3) is 0 Å². The van der Waals surface area contributed by atoms with Crippen molar-refractivity contribution in [2.45, 2.75) is 37.6 Å². The highest BCUT2D eigenvalue weighted by Crippen LogP contribution is 2.24. The first-order chi connectivity index (χ1) is 8.97. The lowest BCUT2D eigenvalue weighted by Gasteiger charge is -2.14. The van der Waals surface area contributed by atoms with E-state index in [-0.39, 0.29) is 10.9 Å². The zero-order valence-electron chi connectivity index (χ0n) is 11.1. The highest BCUT2D eigenvalue weighted by molar-refractivity contribution is 7.89. The average molecular weight is 281 g/mol. The van der Waals surface area contributed by atoms with E-state index in [1.165, 1.54) is 6.20 Å². The van der Waals surface area contributed by atoms with E-state index in [0.717, 1.165) is 18.4 Å². The summed E-state index contributed by atoms with van der Waals surface area (Å²) in [5.74, 6) is 0. The summed E-state index contributed by atoms with van der Waals surface area (Å²) in [6.07, 6.45) is 3.05. The first-order valence-corrected chi connectivity index (χ1v) is 7.85. The number of aromatic nitrogens is 1. The summed E-state index contributed by atoms with van der Waals surface area (Å²) < 4.78 is 27.4. The van der Waals surface area contributed by atoms with Crippen LogP contribution in [-0.4, -0.2) is 19.4 Å². The fraction of sp³-hybridized carbons (Fsp3) is 0.385. The Labute approximate surface area is 113 Å². The molecule has 0 atom stereocenters. The van der Waals surface area contributed by atoms with Crippen LogP contribution in [0.15, 0.2) is 29.3 Å². The molecule has 5 nitrogen and oxygen atoms in total. The molecular formula is C13H19N3O2S. The van der Waals surface area contributed by atoms with Gasteiger partial charge in [0, 0.05) is 28.8 Å². The van der Waals surface area contributed by atoms with Gasteiger partial charge in [-0.25, -0.2) is 13.1 Å². The Kier molecular flexibility index (Phi) is 3.82. The summed E-state index contributed by atoms with van der Waals surface area (Å²) in [4.78, 5) is 3.22. The van der Waals surface area contributed by atoms with Crippen molar-refractivity contribution < 1.29 is 8.42 Å². The van der Waals surface area contributed by atoms with E-state index in [1.807, 2.05) is 13.8 Å². The van der Waals surface area contributed by atoms with Gasteiger partial charge in [0.1, 0.15) is 4.90 Å². The topological polar surface area (TPSA) is 88.0 Å². The maximum absolute atomic E-state index is 12.4. The molecule has 0 unspecified atom stereocenters. The molecule has 2 aromatic rings. The molecule has 0 spiro atoms. The highest BCUT2D eigenvalue weighted by atomic mass is 32.2. The molecule has 2 rings (SSSR count). The van der Waals surface area contributed by atoms with Gasteiger partial charge in [-0.1, -0.05) is 13.8 Å². The molecule has 1 aromatic carbocycles. The first-order valence-electron chi connectivity index (χ1n) is 6.37. The van der Waals surface area contributed by atoms with Crippen LogP contribution in [0.1, 0.15) is 26.7 Å². The number of benzene rings is 1. The number of anilines is 1. The van der Waals surface area contributed by atoms with Gasteiger partial charge >= 0.3 is 0 Å². The predicted molar refractivity (Wildman–Crippen MR) is 77.4 cm³/mol. The van der Waals surface area contributed by atoms with E-state index in [9.17, 15) is 8.42 Å². The number of rotatable bonds is 5. The number of nitrogens with two attached hydrogens (primary N) is 1. The molecule has 4 N–H and O–H groups in total. The smallest absolute Gasteiger partial charge is 0.242 e. The summed E-state index contributed by atoms with van der Waals surface area (Å²) in [6, 6.07) is 5.11. The van der Waals surface area contributed by atoms with Gasteiger partial charge in [-0.05, 0) is 31.0 Å². The first kappa shape index (κ1) is 13.9. The lowest BCUT2D eigenvalue weighted by molar-refractivity contribution is 0.531. The van der Waals surface area contributed by atoms with Crippen molar-refractivity contribution in [3.05, 3.63) is 24.4 Å². The summed E-state index contributed by atoms with van der Waals surface area (Å²) in [7, 11) is -3.50. The molecule has 19 heavy (non-hydrogen) atoms. The van der Waals surface area contributed by atoms with Crippen molar-refractivity contribution >= 4 is 26.6 Å². The highest BCUT2D eigenvalue weighted by Gasteiger charge is 2.21. The van der Waals surface area contributed by atoms with Crippen molar-refractivity contribution in [2.24, 2.45) is 0 Å². The Morgan fingerprint density at radius 1 is 1.32 bits per heavy atom. The lowest BCUT2D eigenvalue weighted by atomic mass is 10.2. The molecule has 0 aliphatic heterocycles. The summed E-state index contributed by atoms with van der Waals surface area (Å²) in [5, 5.41) is 0.660. The fourth-order valence-corrected chi connectivity index (χ4v) is 3.66. The van der Waals surface area contributed by atoms with Crippen LogP contribution in [0.4, 0.5) is 5.69 Å². The van der Waals surface area contributed by atoms with Gasteiger partial charge in [-0.2, -0.15) is 0 Å². The third kappa shape index (κ3) is 2.74. The normalized spacial score (nSPS) is 12.4. The van der Waals surface area contributed by atoms with Crippen molar-refractivity contribution in [1.82, 2.24) is 9.71 Å². The monoisotopic (exact) mass is 281 g/mol. The van der Waals surface area contributed by atoms with Crippen LogP contribution in [0.25, 0.3) is 10.9 Å². The van der Waals surface area contributed by atoms with Crippen LogP contribution in [0.2, 0.25) is 0 Å². The second kappa shape index (κ2) is 5.22. The molecule has 0 radical (unpaired) electrons. The van der Waals surface area contributed by atoms with Crippen LogP contribution in [0.3, 0.4) is 0 Å². The van der Waals surface area contributed by atoms with Crippen LogP contribution in [-0.2, 0) is 10.0 Å². The standard InChI is InChI=1S/C13H19N3O2S/c1-3-10(4-2)16-19(17,18)13-8-15-12-7-9(14)5-6-11(12)13/h5-8,10,15-16H,3-4,14H2,1-2H3. The van der Waals surface area contributed by atoms with Crippen LogP contribution >= 0.6 is 0 Å². The van der Waals surface area contributed by atoms with Crippen molar-refractivity contribution in [3.63, 3.8) is 0 Å². The molecule has 0 saturated heterocycles. The summed E-state index contributed by atoms with van der Waals surface area (Å²) in [6.45, 7) is 3.93. The quantitative estimate of drug-likeness (QED) is 0.734. The molecule has 104 valence electrons. The average Bonchev–Trinajstić information content (AvgIpc) is 2.79. The summed E-state index contributed by atoms with van der Waals surface area (Å²) in [5.41, 5.74) is 7.01. The SMILES string of the molecule is CCC(CC)NS(=O)(=O)c1c[nH]c2cc(N)ccc12. The van der Waals surface area contributed by atoms with Crippen LogP contribution in [0, 0.1) is 0 Å². The summed E-state index contributed by atoms with van der Waals surface area (Å²) >= 11 is 0. The van der Waals surface area contributed by atoms with Gasteiger partial charge in [-0.3, -0.25) is 0 Å². The minimum absolute atomic E-state index is 0.0382. The van der Waals surface area contributed by atoms with E-state index >= 15 is 0 Å². The Morgan fingerprint density at radius 3 is 2.63 bits per heavy atom. The Hall–Kier alpha value is -1.53. The molecule has 0 amide bonds. The number of aromatic amines is 1. The van der Waals surface area contributed by atoms with Gasteiger partial charge in [0.2, 0.25) is 10.0 Å². The zero-order valence-corrected chi connectivity index (χ0v) is 11.9. The lowest BCUT2D eigenvalue weighted by Crippen LogP contribution is -2.33. The maximum atomic E-state index is 12.4. The second-order valence-electron chi connectivity index (χ2n) is 4.59. The Morgan fingerprint density at radius 2 is 2.00 bits per heavy atom. The number of hydrogen-bond acceptors (Lipinski definition) is 3. The van der Waals surface area contributed by atoms with Gasteiger partial charge in [0.05, 0.1) is 0 Å². The second-order valence-corrected chi connectivity index (χ2v) is 6.28. The largest absolute Gasteiger partial charge is 0.399 e. The number of fused-ring (bicyclic) bond motifs is 1. The predicted octanol–water partition coefficient (Wildman–Crippen LogP) is 2.22. The van der Waals surface area contributed by atoms with E-state index in [1.54, 1.807) is 18.2 Å². The minimum atomic E-state index is -3.50. The van der Waals surface area contributed by atoms with Crippen molar-refractivity contribution in [1.29, 1.82) is 0 Å². The Balaban J connectivity index is 2.43. The molecule has 0 aliphatic carbocycles. The van der Waals surface area contributed by atoms with Crippen LogP contribution in [0.5, 0.6) is 0 Å². The molecule has 0 saturated carbocycles. The van der Waals surface area contributed by atoms with E-state index in [0.29, 0.717) is 11.1 Å². The number of nitrogens with one attached hydrogen (secondary N) is 2. The molecule has 6 heteroatoms. The molecular weight excluding hydrogens is 262 g/mol. The zero-order chi connectivity index (χ0) is 14.0. The third-order valence-electron chi connectivity index (χ3n) is 3.26. The van der Waals surface area contributed by atoms with Crippen LogP contribution < -0.4 is 10.5 Å². The Bertz CT molecular complexity index is 672. The van der Waals surface area contributed by atoms with E-state index < -0.39 is 10.0 Å². The fourth-order valence-electron chi connectivity index (χ4n) is 2.08. The van der Waals surface area contributed by atoms with Gasteiger partial charge in [-0.15, -0.1) is 0 Å². The molecule has 0 fully saturated rings. The van der Waals surface area contributed by atoms with E-state index in [2.05, 4.69) is 9.71 Å². The molecule has 1 heterocycles. The van der Waals surface area contributed by atoms with Gasteiger partial charge in [0.15, 0.2) is 0 Å². The number of nitrogen functional groups attached to an aromatic ring is 1. The number of hydrogen-bond donors (Lipinski definition) is 3. The van der Waals surface area contributed by atoms with E-state index in [4.69, 9.17) is 5.73 Å². The molecule has 0 aliphatic rings. The minimum Gasteiger partial charge on any atom is -0.399 e. The van der Waals surface area contributed by atoms with Crippen molar-refractivity contribution in [2.75, 3.05) is 5.73 Å². The van der Waals surface area contributed by atoms with Crippen molar-refractivity contribution in [3.8, 4) is 0 Å². The van der Waals surface area contributed by atoms with Gasteiger partial charge < -0.3 is 10.7 Å². The third-order valence-corrected chi connectivity index (χ3v) is 4.83. The molecule has 1 aromatic heterocycles. The number of H-pyrrole nitrogens is 1.